The van der Waals surface area contributed by atoms with Crippen LogP contribution in [0, 0.1) is 0 Å². The lowest BCUT2D eigenvalue weighted by atomic mass is 10.3. The lowest BCUT2D eigenvalue weighted by Gasteiger charge is -2.17. The number of rotatable bonds is 2. The Morgan fingerprint density at radius 1 is 1.29 bits per heavy atom. The number of nitrogen functional groups attached to an aromatic ring is 1. The summed E-state index contributed by atoms with van der Waals surface area (Å²) < 4.78 is 25.8. The summed E-state index contributed by atoms with van der Waals surface area (Å²) in [6.07, 6.45) is 1.64. The molecule has 1 aliphatic rings. The second kappa shape index (κ2) is 4.36. The van der Waals surface area contributed by atoms with Crippen molar-refractivity contribution in [3.63, 3.8) is 0 Å². The van der Waals surface area contributed by atoms with Gasteiger partial charge in [-0.2, -0.15) is 4.31 Å². The Morgan fingerprint density at radius 3 is 2.47 bits per heavy atom. The van der Waals surface area contributed by atoms with Crippen molar-refractivity contribution in [2.45, 2.75) is 17.7 Å². The first kappa shape index (κ1) is 12.5. The summed E-state index contributed by atoms with van der Waals surface area (Å²) in [6, 6.07) is 2.75. The summed E-state index contributed by atoms with van der Waals surface area (Å²) in [5.41, 5.74) is 5.50. The van der Waals surface area contributed by atoms with Gasteiger partial charge in [-0.3, -0.25) is 0 Å². The van der Waals surface area contributed by atoms with Crippen molar-refractivity contribution in [1.82, 2.24) is 4.31 Å². The number of anilines is 1. The minimum atomic E-state index is -3.75. The maximum Gasteiger partial charge on any atom is 0.248 e. The third-order valence-electron chi connectivity index (χ3n) is 2.78. The van der Waals surface area contributed by atoms with Gasteiger partial charge < -0.3 is 10.8 Å². The first-order chi connectivity index (χ1) is 7.94. The maximum absolute atomic E-state index is 12.3. The minimum Gasteiger partial charge on any atom is -0.504 e. The molecule has 17 heavy (non-hydrogen) atoms. The molecule has 94 valence electrons. The average Bonchev–Trinajstić information content (AvgIpc) is 2.77. The number of halogens is 1. The molecule has 0 amide bonds. The van der Waals surface area contributed by atoms with Crippen molar-refractivity contribution >= 4 is 27.3 Å². The fourth-order valence-electron chi connectivity index (χ4n) is 1.86. The van der Waals surface area contributed by atoms with E-state index in [4.69, 9.17) is 17.3 Å². The van der Waals surface area contributed by atoms with Crippen LogP contribution in [0.25, 0.3) is 0 Å². The lowest BCUT2D eigenvalue weighted by Crippen LogP contribution is -2.28. The molecule has 0 unspecified atom stereocenters. The standard InChI is InChI=1S/C10H13ClN2O3S/c11-7-3-4-8(12)9(14)10(7)17(15,16)13-5-1-2-6-13/h3-4,14H,1-2,5-6,12H2. The van der Waals surface area contributed by atoms with Crippen molar-refractivity contribution < 1.29 is 13.5 Å². The zero-order chi connectivity index (χ0) is 12.6. The summed E-state index contributed by atoms with van der Waals surface area (Å²) in [5.74, 6) is -0.468. The average molecular weight is 277 g/mol. The molecule has 1 aliphatic heterocycles. The van der Waals surface area contributed by atoms with Crippen LogP contribution in [0.15, 0.2) is 17.0 Å². The summed E-state index contributed by atoms with van der Waals surface area (Å²) in [5, 5.41) is 9.75. The molecule has 5 nitrogen and oxygen atoms in total. The van der Waals surface area contributed by atoms with E-state index in [0.29, 0.717) is 13.1 Å². The van der Waals surface area contributed by atoms with Gasteiger partial charge in [-0.05, 0) is 25.0 Å². The normalized spacial score (nSPS) is 17.5. The van der Waals surface area contributed by atoms with E-state index in [1.54, 1.807) is 0 Å². The smallest absolute Gasteiger partial charge is 0.248 e. The van der Waals surface area contributed by atoms with Gasteiger partial charge in [0.25, 0.3) is 0 Å². The molecule has 0 radical (unpaired) electrons. The molecule has 0 spiro atoms. The molecule has 1 fully saturated rings. The molecule has 0 saturated carbocycles. The second-order valence-electron chi connectivity index (χ2n) is 3.93. The Labute approximate surface area is 105 Å². The van der Waals surface area contributed by atoms with Crippen LogP contribution in [0.3, 0.4) is 0 Å². The van der Waals surface area contributed by atoms with Gasteiger partial charge in [0.1, 0.15) is 4.90 Å². The van der Waals surface area contributed by atoms with Gasteiger partial charge >= 0.3 is 0 Å². The number of nitrogens with zero attached hydrogens (tertiary/aromatic N) is 1. The largest absolute Gasteiger partial charge is 0.504 e. The van der Waals surface area contributed by atoms with E-state index in [1.807, 2.05) is 0 Å². The van der Waals surface area contributed by atoms with E-state index in [2.05, 4.69) is 0 Å². The van der Waals surface area contributed by atoms with Gasteiger partial charge in [0.15, 0.2) is 5.75 Å². The topological polar surface area (TPSA) is 83.6 Å². The molecular weight excluding hydrogens is 264 g/mol. The fraction of sp³-hybridized carbons (Fsp3) is 0.400. The Balaban J connectivity index is 2.56. The molecule has 2 rings (SSSR count). The highest BCUT2D eigenvalue weighted by molar-refractivity contribution is 7.89. The zero-order valence-corrected chi connectivity index (χ0v) is 10.6. The van der Waals surface area contributed by atoms with Crippen LogP contribution in [0.5, 0.6) is 5.75 Å². The fourth-order valence-corrected chi connectivity index (χ4v) is 3.98. The van der Waals surface area contributed by atoms with Crippen LogP contribution in [0.4, 0.5) is 5.69 Å². The molecule has 3 N–H and O–H groups in total. The zero-order valence-electron chi connectivity index (χ0n) is 9.06. The quantitative estimate of drug-likeness (QED) is 0.632. The molecule has 1 aromatic carbocycles. The summed E-state index contributed by atoms with van der Waals surface area (Å²) in [4.78, 5) is -0.291. The highest BCUT2D eigenvalue weighted by Crippen LogP contribution is 2.37. The number of hydrogen-bond donors (Lipinski definition) is 2. The van der Waals surface area contributed by atoms with Crippen LogP contribution < -0.4 is 5.73 Å². The van der Waals surface area contributed by atoms with Crippen molar-refractivity contribution in [1.29, 1.82) is 0 Å². The number of hydrogen-bond acceptors (Lipinski definition) is 4. The van der Waals surface area contributed by atoms with Gasteiger partial charge in [0.05, 0.1) is 10.7 Å². The summed E-state index contributed by atoms with van der Waals surface area (Å²) in [7, 11) is -3.75. The van der Waals surface area contributed by atoms with Gasteiger partial charge in [0, 0.05) is 13.1 Å². The molecule has 7 heteroatoms. The number of sulfonamides is 1. The van der Waals surface area contributed by atoms with Crippen molar-refractivity contribution in [2.24, 2.45) is 0 Å². The highest BCUT2D eigenvalue weighted by atomic mass is 35.5. The van der Waals surface area contributed by atoms with E-state index in [-0.39, 0.29) is 15.6 Å². The van der Waals surface area contributed by atoms with Crippen LogP contribution in [0.1, 0.15) is 12.8 Å². The van der Waals surface area contributed by atoms with Gasteiger partial charge in [-0.25, -0.2) is 8.42 Å². The Kier molecular flexibility index (Phi) is 3.20. The number of aromatic hydroxyl groups is 1. The third kappa shape index (κ3) is 2.08. The van der Waals surface area contributed by atoms with Crippen molar-refractivity contribution in [3.8, 4) is 5.75 Å². The highest BCUT2D eigenvalue weighted by Gasteiger charge is 2.32. The second-order valence-corrected chi connectivity index (χ2v) is 6.21. The van der Waals surface area contributed by atoms with E-state index < -0.39 is 15.8 Å². The molecule has 0 aliphatic carbocycles. The summed E-state index contributed by atoms with van der Waals surface area (Å²) in [6.45, 7) is 0.903. The Bertz CT molecular complexity index is 539. The first-order valence-electron chi connectivity index (χ1n) is 5.21. The van der Waals surface area contributed by atoms with Crippen molar-refractivity contribution in [2.75, 3.05) is 18.8 Å². The number of phenols is 1. The molecule has 0 bridgehead atoms. The molecule has 1 saturated heterocycles. The van der Waals surface area contributed by atoms with Crippen LogP contribution in [-0.2, 0) is 10.0 Å². The van der Waals surface area contributed by atoms with E-state index in [1.165, 1.54) is 16.4 Å². The predicted molar refractivity (Wildman–Crippen MR) is 65.5 cm³/mol. The SMILES string of the molecule is Nc1ccc(Cl)c(S(=O)(=O)N2CCCC2)c1O. The summed E-state index contributed by atoms with van der Waals surface area (Å²) >= 11 is 5.84. The Morgan fingerprint density at radius 2 is 1.88 bits per heavy atom. The predicted octanol–water partition coefficient (Wildman–Crippen LogP) is 1.41. The third-order valence-corrected chi connectivity index (χ3v) is 5.18. The molecule has 1 aromatic rings. The first-order valence-corrected chi connectivity index (χ1v) is 7.03. The van der Waals surface area contributed by atoms with E-state index >= 15 is 0 Å². The van der Waals surface area contributed by atoms with Crippen LogP contribution >= 0.6 is 11.6 Å². The van der Waals surface area contributed by atoms with Crippen LogP contribution in [0.2, 0.25) is 5.02 Å². The lowest BCUT2D eigenvalue weighted by molar-refractivity contribution is 0.445. The Hall–Kier alpha value is -0.980. The molecule has 0 atom stereocenters. The van der Waals surface area contributed by atoms with Crippen LogP contribution in [-0.4, -0.2) is 30.9 Å². The number of phenolic OH excluding ortho intramolecular Hbond substituents is 1. The van der Waals surface area contributed by atoms with Gasteiger partial charge in [0.2, 0.25) is 10.0 Å². The van der Waals surface area contributed by atoms with Gasteiger partial charge in [-0.15, -0.1) is 0 Å². The molecule has 1 heterocycles. The number of nitrogens with two attached hydrogens (primary N) is 1. The number of benzene rings is 1. The van der Waals surface area contributed by atoms with Crippen molar-refractivity contribution in [3.05, 3.63) is 17.2 Å². The monoisotopic (exact) mass is 276 g/mol. The minimum absolute atomic E-state index is 0.00664. The van der Waals surface area contributed by atoms with Gasteiger partial charge in [-0.1, -0.05) is 11.6 Å². The molecule has 0 aromatic heterocycles. The van der Waals surface area contributed by atoms with E-state index in [0.717, 1.165) is 12.8 Å². The maximum atomic E-state index is 12.3. The molecular formula is C10H13ClN2O3S. The van der Waals surface area contributed by atoms with E-state index in [9.17, 15) is 13.5 Å².